The Hall–Kier alpha value is -2.87. The van der Waals surface area contributed by atoms with Gasteiger partial charge in [0.15, 0.2) is 11.5 Å². The third-order valence-electron chi connectivity index (χ3n) is 4.78. The van der Waals surface area contributed by atoms with Gasteiger partial charge in [-0.3, -0.25) is 4.79 Å². The highest BCUT2D eigenvalue weighted by molar-refractivity contribution is 7.18. The maximum Gasteiger partial charge on any atom is 0.338 e. The number of aromatic nitrogens is 2. The van der Waals surface area contributed by atoms with Crippen LogP contribution >= 0.6 is 11.3 Å². The van der Waals surface area contributed by atoms with Crippen molar-refractivity contribution in [1.82, 2.24) is 9.97 Å². The molecule has 0 amide bonds. The molecule has 160 valence electrons. The lowest BCUT2D eigenvalue weighted by atomic mass is 10.1. The van der Waals surface area contributed by atoms with Crippen molar-refractivity contribution in [3.8, 4) is 11.5 Å². The summed E-state index contributed by atoms with van der Waals surface area (Å²) >= 11 is 1.45. The largest absolute Gasteiger partial charge is 0.493 e. The van der Waals surface area contributed by atoms with Gasteiger partial charge in [0, 0.05) is 4.88 Å². The third-order valence-corrected chi connectivity index (χ3v) is 5.88. The van der Waals surface area contributed by atoms with Crippen LogP contribution in [0.2, 0.25) is 0 Å². The molecule has 7 nitrogen and oxygen atoms in total. The van der Waals surface area contributed by atoms with Gasteiger partial charge < -0.3 is 19.2 Å². The Morgan fingerprint density at radius 1 is 1.23 bits per heavy atom. The number of thiophene rings is 1. The fourth-order valence-electron chi connectivity index (χ4n) is 2.90. The van der Waals surface area contributed by atoms with Crippen LogP contribution in [0.3, 0.4) is 0 Å². The Morgan fingerprint density at radius 3 is 2.70 bits per heavy atom. The number of aromatic amines is 1. The number of rotatable bonds is 8. The van der Waals surface area contributed by atoms with E-state index < -0.39 is 5.97 Å². The third kappa shape index (κ3) is 4.81. The minimum atomic E-state index is -0.539. The Kier molecular flexibility index (Phi) is 6.77. The molecule has 0 unspecified atom stereocenters. The number of nitrogens with one attached hydrogen (secondary N) is 1. The van der Waals surface area contributed by atoms with E-state index in [0.717, 1.165) is 16.9 Å². The normalized spacial score (nSPS) is 11.1. The molecule has 8 heteroatoms. The van der Waals surface area contributed by atoms with Crippen molar-refractivity contribution in [2.45, 2.75) is 40.7 Å². The monoisotopic (exact) mass is 430 g/mol. The SMILES string of the molecule is COc1cc(C(=O)OCc2nc3sc(C)c(C)c3c(=O)[nH]2)ccc1OCCC(C)C. The molecule has 0 atom stereocenters. The number of nitrogens with zero attached hydrogens (tertiary/aromatic N) is 1. The smallest absolute Gasteiger partial charge is 0.338 e. The molecule has 0 aliphatic carbocycles. The molecular formula is C22H26N2O5S. The van der Waals surface area contributed by atoms with Crippen LogP contribution in [0.25, 0.3) is 10.2 Å². The lowest BCUT2D eigenvalue weighted by Gasteiger charge is -2.13. The van der Waals surface area contributed by atoms with Gasteiger partial charge in [-0.05, 0) is 49.9 Å². The van der Waals surface area contributed by atoms with E-state index >= 15 is 0 Å². The van der Waals surface area contributed by atoms with Gasteiger partial charge in [0.2, 0.25) is 0 Å². The van der Waals surface area contributed by atoms with Gasteiger partial charge in [-0.1, -0.05) is 13.8 Å². The van der Waals surface area contributed by atoms with E-state index in [1.165, 1.54) is 18.4 Å². The number of benzene rings is 1. The first-order valence-corrected chi connectivity index (χ1v) is 10.6. The highest BCUT2D eigenvalue weighted by atomic mass is 32.1. The van der Waals surface area contributed by atoms with Gasteiger partial charge in [-0.2, -0.15) is 0 Å². The summed E-state index contributed by atoms with van der Waals surface area (Å²) in [5.41, 5.74) is 1.03. The van der Waals surface area contributed by atoms with Crippen LogP contribution in [-0.4, -0.2) is 29.7 Å². The Bertz CT molecular complexity index is 1120. The molecule has 30 heavy (non-hydrogen) atoms. The van der Waals surface area contributed by atoms with Crippen LogP contribution in [0.4, 0.5) is 0 Å². The van der Waals surface area contributed by atoms with Crippen LogP contribution in [0, 0.1) is 19.8 Å². The first-order chi connectivity index (χ1) is 14.3. The summed E-state index contributed by atoms with van der Waals surface area (Å²) in [6, 6.07) is 4.90. The van der Waals surface area contributed by atoms with E-state index in [9.17, 15) is 9.59 Å². The summed E-state index contributed by atoms with van der Waals surface area (Å²) in [5.74, 6) is 1.35. The number of methoxy groups -OCH3 is 1. The number of esters is 1. The van der Waals surface area contributed by atoms with Gasteiger partial charge in [0.1, 0.15) is 17.3 Å². The summed E-state index contributed by atoms with van der Waals surface area (Å²) < 4.78 is 16.4. The molecule has 0 fully saturated rings. The van der Waals surface area contributed by atoms with E-state index in [0.29, 0.717) is 45.6 Å². The second-order valence-electron chi connectivity index (χ2n) is 7.45. The highest BCUT2D eigenvalue weighted by Gasteiger charge is 2.15. The number of carbonyl (C=O) groups excluding carboxylic acids is 1. The molecule has 0 bridgehead atoms. The molecule has 0 spiro atoms. The minimum absolute atomic E-state index is 0.130. The lowest BCUT2D eigenvalue weighted by molar-refractivity contribution is 0.0462. The summed E-state index contributed by atoms with van der Waals surface area (Å²) in [6.45, 7) is 8.54. The van der Waals surface area contributed by atoms with Crippen LogP contribution in [0.15, 0.2) is 23.0 Å². The second kappa shape index (κ2) is 9.30. The zero-order valence-corrected chi connectivity index (χ0v) is 18.6. The average molecular weight is 431 g/mol. The highest BCUT2D eigenvalue weighted by Crippen LogP contribution is 2.29. The molecule has 1 N–H and O–H groups in total. The van der Waals surface area contributed by atoms with Crippen LogP contribution < -0.4 is 15.0 Å². The lowest BCUT2D eigenvalue weighted by Crippen LogP contribution is -2.14. The zero-order chi connectivity index (χ0) is 21.8. The number of ether oxygens (including phenoxy) is 3. The predicted octanol–water partition coefficient (Wildman–Crippen LogP) is 4.39. The summed E-state index contributed by atoms with van der Waals surface area (Å²) in [5, 5.41) is 0.588. The van der Waals surface area contributed by atoms with Crippen molar-refractivity contribution >= 4 is 27.5 Å². The fraction of sp³-hybridized carbons (Fsp3) is 0.409. The van der Waals surface area contributed by atoms with Gasteiger partial charge in [0.25, 0.3) is 5.56 Å². The number of hydrogen-bond donors (Lipinski definition) is 1. The number of fused-ring (bicyclic) bond motifs is 1. The molecule has 0 saturated carbocycles. The van der Waals surface area contributed by atoms with Crippen molar-refractivity contribution in [2.75, 3.05) is 13.7 Å². The first-order valence-electron chi connectivity index (χ1n) is 9.77. The molecule has 0 saturated heterocycles. The molecule has 3 aromatic rings. The van der Waals surface area contributed by atoms with E-state index in [-0.39, 0.29) is 12.2 Å². The van der Waals surface area contributed by atoms with E-state index in [4.69, 9.17) is 14.2 Å². The molecule has 2 heterocycles. The molecule has 0 aliphatic heterocycles. The fourth-order valence-corrected chi connectivity index (χ4v) is 3.95. The second-order valence-corrected chi connectivity index (χ2v) is 8.65. The van der Waals surface area contributed by atoms with E-state index in [1.807, 2.05) is 13.8 Å². The average Bonchev–Trinajstić information content (AvgIpc) is 3.00. The first kappa shape index (κ1) is 21.8. The topological polar surface area (TPSA) is 90.5 Å². The molecule has 2 aromatic heterocycles. The molecule has 0 aliphatic rings. The number of carbonyl (C=O) groups is 1. The van der Waals surface area contributed by atoms with Crippen LogP contribution in [-0.2, 0) is 11.3 Å². The Labute approximate surface area is 179 Å². The summed E-state index contributed by atoms with van der Waals surface area (Å²) in [4.78, 5) is 33.6. The number of hydrogen-bond acceptors (Lipinski definition) is 7. The molecule has 3 rings (SSSR count). The maximum absolute atomic E-state index is 12.5. The van der Waals surface area contributed by atoms with Gasteiger partial charge >= 0.3 is 5.97 Å². The van der Waals surface area contributed by atoms with Crippen molar-refractivity contribution in [2.24, 2.45) is 5.92 Å². The number of H-pyrrole nitrogens is 1. The van der Waals surface area contributed by atoms with Gasteiger partial charge in [-0.15, -0.1) is 11.3 Å². The van der Waals surface area contributed by atoms with Crippen molar-refractivity contribution in [1.29, 1.82) is 0 Å². The van der Waals surface area contributed by atoms with Crippen LogP contribution in [0.5, 0.6) is 11.5 Å². The zero-order valence-electron chi connectivity index (χ0n) is 17.8. The quantitative estimate of drug-likeness (QED) is 0.533. The molecule has 0 radical (unpaired) electrons. The Balaban J connectivity index is 1.70. The maximum atomic E-state index is 12.5. The Morgan fingerprint density at radius 2 is 2.00 bits per heavy atom. The van der Waals surface area contributed by atoms with Crippen LogP contribution in [0.1, 0.15) is 46.9 Å². The van der Waals surface area contributed by atoms with E-state index in [2.05, 4.69) is 23.8 Å². The number of aryl methyl sites for hydroxylation is 2. The van der Waals surface area contributed by atoms with E-state index in [1.54, 1.807) is 18.2 Å². The predicted molar refractivity (Wildman–Crippen MR) is 117 cm³/mol. The standard InChI is InChI=1S/C22H26N2O5S/c1-12(2)8-9-28-16-7-6-15(10-17(16)27-5)22(26)29-11-18-23-20(25)19-13(3)14(4)30-21(19)24-18/h6-7,10,12H,8-9,11H2,1-5H3,(H,23,24,25). The van der Waals surface area contributed by atoms with Crippen molar-refractivity contribution in [3.63, 3.8) is 0 Å². The van der Waals surface area contributed by atoms with Crippen molar-refractivity contribution < 1.29 is 19.0 Å². The molecular weight excluding hydrogens is 404 g/mol. The molecule has 1 aromatic carbocycles. The van der Waals surface area contributed by atoms with Gasteiger partial charge in [-0.25, -0.2) is 9.78 Å². The van der Waals surface area contributed by atoms with Crippen molar-refractivity contribution in [3.05, 3.63) is 50.4 Å². The summed E-state index contributed by atoms with van der Waals surface area (Å²) in [7, 11) is 1.52. The minimum Gasteiger partial charge on any atom is -0.493 e. The summed E-state index contributed by atoms with van der Waals surface area (Å²) in [6.07, 6.45) is 0.922. The van der Waals surface area contributed by atoms with Gasteiger partial charge in [0.05, 0.1) is 24.7 Å².